The molecule has 0 spiro atoms. The summed E-state index contributed by atoms with van der Waals surface area (Å²) in [7, 11) is 0. The van der Waals surface area contributed by atoms with Gasteiger partial charge in [-0.3, -0.25) is 14.6 Å². The van der Waals surface area contributed by atoms with Gasteiger partial charge in [-0.2, -0.15) is 0 Å². The van der Waals surface area contributed by atoms with Gasteiger partial charge in [-0.25, -0.2) is 0 Å². The standard InChI is InChI=1S/C23H31N3O2/c1-4-5-13-24-22(28)23(11-7-6-8-12-23)26-21(27)19-15-18-14-16(2)9-10-20(18)25-17(19)3/h9-10,14-15H,4-8,11-13H2,1-3H3,(H,24,28)(H,26,27). The highest BCUT2D eigenvalue weighted by Crippen LogP contribution is 2.29. The summed E-state index contributed by atoms with van der Waals surface area (Å²) in [6.45, 7) is 6.63. The van der Waals surface area contributed by atoms with Gasteiger partial charge >= 0.3 is 0 Å². The minimum atomic E-state index is -0.808. The molecule has 0 radical (unpaired) electrons. The number of hydrogen-bond acceptors (Lipinski definition) is 3. The van der Waals surface area contributed by atoms with E-state index in [1.165, 1.54) is 0 Å². The molecule has 1 aromatic carbocycles. The highest BCUT2D eigenvalue weighted by Gasteiger charge is 2.41. The SMILES string of the molecule is CCCCNC(=O)C1(NC(=O)c2cc3cc(C)ccc3nc2C)CCCCC1. The number of carbonyl (C=O) groups is 2. The molecule has 0 bridgehead atoms. The molecular formula is C23H31N3O2. The smallest absolute Gasteiger partial charge is 0.254 e. The third kappa shape index (κ3) is 4.34. The van der Waals surface area contributed by atoms with E-state index < -0.39 is 5.54 Å². The lowest BCUT2D eigenvalue weighted by atomic mass is 9.80. The van der Waals surface area contributed by atoms with Gasteiger partial charge < -0.3 is 10.6 Å². The second-order valence-corrected chi connectivity index (χ2v) is 8.02. The number of unbranched alkanes of at least 4 members (excludes halogenated alkanes) is 1. The summed E-state index contributed by atoms with van der Waals surface area (Å²) >= 11 is 0. The number of carbonyl (C=O) groups excluding carboxylic acids is 2. The summed E-state index contributed by atoms with van der Waals surface area (Å²) in [5, 5.41) is 7.08. The second kappa shape index (κ2) is 8.72. The molecule has 3 rings (SSSR count). The topological polar surface area (TPSA) is 71.1 Å². The van der Waals surface area contributed by atoms with Crippen LogP contribution in [-0.4, -0.2) is 28.9 Å². The Hall–Kier alpha value is -2.43. The van der Waals surface area contributed by atoms with Gasteiger partial charge in [-0.05, 0) is 51.3 Å². The van der Waals surface area contributed by atoms with Gasteiger partial charge in [0.15, 0.2) is 0 Å². The number of nitrogens with one attached hydrogen (secondary N) is 2. The molecule has 0 aliphatic heterocycles. The normalized spacial score (nSPS) is 16.0. The molecule has 1 heterocycles. The summed E-state index contributed by atoms with van der Waals surface area (Å²) < 4.78 is 0. The van der Waals surface area contributed by atoms with Crippen LogP contribution in [0.1, 0.15) is 73.5 Å². The molecule has 0 unspecified atom stereocenters. The summed E-state index contributed by atoms with van der Waals surface area (Å²) in [5.74, 6) is -0.253. The van der Waals surface area contributed by atoms with E-state index >= 15 is 0 Å². The van der Waals surface area contributed by atoms with E-state index in [4.69, 9.17) is 0 Å². The largest absolute Gasteiger partial charge is 0.354 e. The van der Waals surface area contributed by atoms with Crippen LogP contribution < -0.4 is 10.6 Å². The molecular weight excluding hydrogens is 350 g/mol. The van der Waals surface area contributed by atoms with E-state index in [0.717, 1.165) is 48.6 Å². The molecule has 150 valence electrons. The van der Waals surface area contributed by atoms with Crippen molar-refractivity contribution in [2.24, 2.45) is 0 Å². The molecule has 1 aliphatic carbocycles. The first-order valence-electron chi connectivity index (χ1n) is 10.4. The van der Waals surface area contributed by atoms with Crippen LogP contribution in [0.2, 0.25) is 0 Å². The van der Waals surface area contributed by atoms with Gasteiger partial charge in [0.1, 0.15) is 5.54 Å². The number of nitrogens with zero attached hydrogens (tertiary/aromatic N) is 1. The Morgan fingerprint density at radius 1 is 1.11 bits per heavy atom. The number of fused-ring (bicyclic) bond motifs is 1. The first-order chi connectivity index (χ1) is 13.4. The Morgan fingerprint density at radius 3 is 2.57 bits per heavy atom. The molecule has 2 amide bonds. The average molecular weight is 382 g/mol. The molecule has 2 N–H and O–H groups in total. The first-order valence-corrected chi connectivity index (χ1v) is 10.4. The van der Waals surface area contributed by atoms with Crippen molar-refractivity contribution in [3.8, 4) is 0 Å². The summed E-state index contributed by atoms with van der Waals surface area (Å²) in [6.07, 6.45) is 6.37. The van der Waals surface area contributed by atoms with E-state index in [9.17, 15) is 9.59 Å². The van der Waals surface area contributed by atoms with Gasteiger partial charge in [0, 0.05) is 11.9 Å². The molecule has 1 aromatic heterocycles. The van der Waals surface area contributed by atoms with Gasteiger partial charge in [-0.15, -0.1) is 0 Å². The number of hydrogen-bond donors (Lipinski definition) is 2. The third-order valence-corrected chi connectivity index (χ3v) is 5.72. The van der Waals surface area contributed by atoms with Gasteiger partial charge in [0.25, 0.3) is 5.91 Å². The Bertz CT molecular complexity index is 870. The predicted molar refractivity (Wildman–Crippen MR) is 112 cm³/mol. The van der Waals surface area contributed by atoms with Crippen molar-refractivity contribution in [2.45, 2.75) is 71.3 Å². The van der Waals surface area contributed by atoms with Gasteiger partial charge in [-0.1, -0.05) is 44.2 Å². The third-order valence-electron chi connectivity index (χ3n) is 5.72. The number of aromatic nitrogens is 1. The van der Waals surface area contributed by atoms with Crippen LogP contribution in [0.5, 0.6) is 0 Å². The lowest BCUT2D eigenvalue weighted by Crippen LogP contribution is -2.59. The molecule has 1 saturated carbocycles. The Labute approximate surface area is 167 Å². The van der Waals surface area contributed by atoms with E-state index in [-0.39, 0.29) is 11.8 Å². The van der Waals surface area contributed by atoms with Crippen LogP contribution in [0.3, 0.4) is 0 Å². The lowest BCUT2D eigenvalue weighted by molar-refractivity contribution is -0.128. The van der Waals surface area contributed by atoms with Crippen LogP contribution in [0.4, 0.5) is 0 Å². The van der Waals surface area contributed by atoms with Crippen molar-refractivity contribution >= 4 is 22.7 Å². The van der Waals surface area contributed by atoms with E-state index in [2.05, 4.69) is 22.5 Å². The Morgan fingerprint density at radius 2 is 1.86 bits per heavy atom. The predicted octanol–water partition coefficient (Wildman–Crippen LogP) is 4.20. The molecule has 1 fully saturated rings. The molecule has 2 aromatic rings. The highest BCUT2D eigenvalue weighted by atomic mass is 16.2. The second-order valence-electron chi connectivity index (χ2n) is 8.02. The summed E-state index contributed by atoms with van der Waals surface area (Å²) in [4.78, 5) is 30.7. The number of benzene rings is 1. The lowest BCUT2D eigenvalue weighted by Gasteiger charge is -2.36. The molecule has 1 aliphatic rings. The fourth-order valence-corrected chi connectivity index (χ4v) is 4.02. The quantitative estimate of drug-likeness (QED) is 0.737. The fourth-order valence-electron chi connectivity index (χ4n) is 4.02. The number of rotatable bonds is 6. The van der Waals surface area contributed by atoms with E-state index in [1.54, 1.807) is 0 Å². The van der Waals surface area contributed by atoms with E-state index in [0.29, 0.717) is 30.6 Å². The van der Waals surface area contributed by atoms with Crippen molar-refractivity contribution in [1.82, 2.24) is 15.6 Å². The molecule has 28 heavy (non-hydrogen) atoms. The summed E-state index contributed by atoms with van der Waals surface area (Å²) in [5.41, 5.74) is 2.43. The number of amides is 2. The average Bonchev–Trinajstić information content (AvgIpc) is 2.68. The zero-order valence-corrected chi connectivity index (χ0v) is 17.2. The number of pyridine rings is 1. The molecule has 5 heteroatoms. The highest BCUT2D eigenvalue weighted by molar-refractivity contribution is 6.02. The van der Waals surface area contributed by atoms with Gasteiger partial charge in [0.2, 0.25) is 5.91 Å². The maximum Gasteiger partial charge on any atom is 0.254 e. The maximum atomic E-state index is 13.2. The van der Waals surface area contributed by atoms with Crippen molar-refractivity contribution < 1.29 is 9.59 Å². The molecule has 5 nitrogen and oxygen atoms in total. The van der Waals surface area contributed by atoms with Crippen molar-refractivity contribution in [2.75, 3.05) is 6.54 Å². The first kappa shape index (κ1) is 20.3. The van der Waals surface area contributed by atoms with Crippen LogP contribution in [0.15, 0.2) is 24.3 Å². The minimum Gasteiger partial charge on any atom is -0.354 e. The van der Waals surface area contributed by atoms with Crippen LogP contribution in [-0.2, 0) is 4.79 Å². The Kier molecular flexibility index (Phi) is 6.32. The number of aryl methyl sites for hydroxylation is 2. The van der Waals surface area contributed by atoms with Crippen LogP contribution in [0.25, 0.3) is 10.9 Å². The molecule has 0 atom stereocenters. The van der Waals surface area contributed by atoms with Crippen LogP contribution >= 0.6 is 0 Å². The summed E-state index contributed by atoms with van der Waals surface area (Å²) in [6, 6.07) is 7.92. The van der Waals surface area contributed by atoms with Crippen molar-refractivity contribution in [1.29, 1.82) is 0 Å². The van der Waals surface area contributed by atoms with Crippen LogP contribution in [0, 0.1) is 13.8 Å². The van der Waals surface area contributed by atoms with Gasteiger partial charge in [0.05, 0.1) is 16.8 Å². The maximum absolute atomic E-state index is 13.2. The van der Waals surface area contributed by atoms with Crippen molar-refractivity contribution in [3.63, 3.8) is 0 Å². The minimum absolute atomic E-state index is 0.0451. The zero-order chi connectivity index (χ0) is 20.1. The Balaban J connectivity index is 1.86. The molecule has 0 saturated heterocycles. The monoisotopic (exact) mass is 381 g/mol. The zero-order valence-electron chi connectivity index (χ0n) is 17.2. The van der Waals surface area contributed by atoms with Crippen molar-refractivity contribution in [3.05, 3.63) is 41.1 Å². The van der Waals surface area contributed by atoms with E-state index in [1.807, 2.05) is 38.1 Å². The fraction of sp³-hybridized carbons (Fsp3) is 0.522.